The number of benzene rings is 3. The highest BCUT2D eigenvalue weighted by atomic mass is 32.2. The van der Waals surface area contributed by atoms with E-state index < -0.39 is 53.1 Å². The van der Waals surface area contributed by atoms with Gasteiger partial charge in [0.1, 0.15) is 42.4 Å². The summed E-state index contributed by atoms with van der Waals surface area (Å²) in [5.41, 5.74) is -0.505. The van der Waals surface area contributed by atoms with Crippen LogP contribution in [-0.4, -0.2) is 49.0 Å². The number of ether oxygens (including phenoxy) is 1. The molecular formula is C25H20N4O9S3-2. The van der Waals surface area contributed by atoms with Crippen molar-refractivity contribution < 1.29 is 40.6 Å². The third-order valence-electron chi connectivity index (χ3n) is 5.61. The van der Waals surface area contributed by atoms with E-state index in [4.69, 9.17) is 4.74 Å². The minimum absolute atomic E-state index is 0.0791. The molecule has 1 amide bonds. The van der Waals surface area contributed by atoms with Gasteiger partial charge < -0.3 is 24.3 Å². The lowest BCUT2D eigenvalue weighted by Gasteiger charge is -2.12. The highest BCUT2D eigenvalue weighted by molar-refractivity contribution is 7.86. The van der Waals surface area contributed by atoms with Gasteiger partial charge in [-0.1, -0.05) is 18.2 Å². The third-order valence-corrected chi connectivity index (χ3v) is 8.56. The number of nitrogens with zero attached hydrogens (tertiary/aromatic N) is 3. The number of nitrogens with one attached hydrogen (secondary N) is 1. The summed E-state index contributed by atoms with van der Waals surface area (Å²) in [4.78, 5) is 15.7. The predicted octanol–water partition coefficient (Wildman–Crippen LogP) is 4.60. The van der Waals surface area contributed by atoms with Crippen molar-refractivity contribution in [3.8, 4) is 16.3 Å². The van der Waals surface area contributed by atoms with E-state index in [2.05, 4.69) is 20.5 Å². The second-order valence-electron chi connectivity index (χ2n) is 8.46. The summed E-state index contributed by atoms with van der Waals surface area (Å²) in [7, 11) is -8.61. The first kappa shape index (κ1) is 29.8. The lowest BCUT2D eigenvalue weighted by atomic mass is 10.2. The second kappa shape index (κ2) is 11.3. The van der Waals surface area contributed by atoms with Crippen LogP contribution in [0.15, 0.2) is 86.1 Å². The Bertz CT molecular complexity index is 1960. The number of carbonyl (C=O) groups is 1. The molecule has 0 radical (unpaired) electrons. The molecule has 4 rings (SSSR count). The molecule has 0 aliphatic heterocycles. The van der Waals surface area contributed by atoms with Crippen LogP contribution in [0, 0.1) is 6.92 Å². The summed E-state index contributed by atoms with van der Waals surface area (Å²) in [6.45, 7) is 2.61. The van der Waals surface area contributed by atoms with E-state index in [1.807, 2.05) is 0 Å². The molecule has 0 fully saturated rings. The van der Waals surface area contributed by atoms with Gasteiger partial charge in [-0.3, -0.25) is 4.79 Å². The fourth-order valence-corrected chi connectivity index (χ4v) is 6.28. The molecule has 41 heavy (non-hydrogen) atoms. The molecule has 0 aliphatic carbocycles. The Morgan fingerprint density at radius 1 is 1.05 bits per heavy atom. The highest BCUT2D eigenvalue weighted by Crippen LogP contribution is 2.37. The first-order valence-corrected chi connectivity index (χ1v) is 15.1. The first-order valence-electron chi connectivity index (χ1n) is 11.4. The van der Waals surface area contributed by atoms with Crippen LogP contribution < -0.4 is 10.1 Å². The second-order valence-corrected chi connectivity index (χ2v) is 12.2. The number of anilines is 1. The van der Waals surface area contributed by atoms with Crippen molar-refractivity contribution in [3.05, 3.63) is 71.6 Å². The summed E-state index contributed by atoms with van der Waals surface area (Å²) in [6.07, 6.45) is 0. The van der Waals surface area contributed by atoms with Crippen LogP contribution in [0.2, 0.25) is 0 Å². The maximum Gasteiger partial charge on any atom is 0.279 e. The number of aliphatic hydroxyl groups excluding tert-OH is 1. The van der Waals surface area contributed by atoms with Gasteiger partial charge in [0.25, 0.3) is 5.91 Å². The molecule has 4 aromatic rings. The molecule has 1 heterocycles. The quantitative estimate of drug-likeness (QED) is 0.121. The number of rotatable bonds is 8. The average molecular weight is 617 g/mol. The topological polar surface area (TPSA) is 211 Å². The van der Waals surface area contributed by atoms with Crippen LogP contribution in [0.1, 0.15) is 12.5 Å². The van der Waals surface area contributed by atoms with Crippen molar-refractivity contribution >= 4 is 59.1 Å². The zero-order chi connectivity index (χ0) is 30.1. The Hall–Kier alpha value is -4.22. The maximum absolute atomic E-state index is 12.8. The van der Waals surface area contributed by atoms with E-state index in [9.17, 15) is 35.8 Å². The molecule has 0 saturated carbocycles. The van der Waals surface area contributed by atoms with Crippen LogP contribution in [0.25, 0.3) is 20.8 Å². The molecule has 0 saturated heterocycles. The van der Waals surface area contributed by atoms with Crippen molar-refractivity contribution in [3.63, 3.8) is 0 Å². The van der Waals surface area contributed by atoms with E-state index in [1.54, 1.807) is 24.3 Å². The van der Waals surface area contributed by atoms with Crippen molar-refractivity contribution in [2.45, 2.75) is 23.6 Å². The van der Waals surface area contributed by atoms with Gasteiger partial charge in [0.15, 0.2) is 5.70 Å². The van der Waals surface area contributed by atoms with E-state index in [0.717, 1.165) is 30.4 Å². The minimum Gasteiger partial charge on any atom is -0.744 e. The lowest BCUT2D eigenvalue weighted by molar-refractivity contribution is -0.113. The summed E-state index contributed by atoms with van der Waals surface area (Å²) in [5.74, 6) is -1.11. The monoisotopic (exact) mass is 616 g/mol. The van der Waals surface area contributed by atoms with Crippen LogP contribution in [0.3, 0.4) is 0 Å². The Kier molecular flexibility index (Phi) is 8.23. The smallest absolute Gasteiger partial charge is 0.279 e. The number of thiazole rings is 1. The standard InChI is InChI=1S/C25H22N4O9S3/c1-13-8-11-19-22(23(13)41(35,36)37)27-25(39-19)15-9-10-17(20(12-15)40(32,33)34)28-29-21(14(2)30)24(31)26-16-6-4-5-7-18(16)38-3/h4-12,30H,1-3H3,(H,26,31)(H,32,33,34)(H,35,36,37)/p-2/b21-14-,29-28?. The minimum atomic E-state index is -5.15. The number of hydrogen-bond acceptors (Lipinski definition) is 13. The van der Waals surface area contributed by atoms with Crippen LogP contribution >= 0.6 is 11.3 Å². The molecule has 214 valence electrons. The normalized spacial score (nSPS) is 12.9. The van der Waals surface area contributed by atoms with Gasteiger partial charge in [0, 0.05) is 5.56 Å². The van der Waals surface area contributed by atoms with E-state index in [1.165, 1.54) is 32.2 Å². The van der Waals surface area contributed by atoms with Crippen LogP contribution in [0.4, 0.5) is 11.4 Å². The number of aromatic nitrogens is 1. The molecule has 3 aromatic carbocycles. The number of aryl methyl sites for hydroxylation is 1. The number of azo groups is 1. The zero-order valence-electron chi connectivity index (χ0n) is 21.5. The van der Waals surface area contributed by atoms with Crippen molar-refractivity contribution in [2.24, 2.45) is 10.2 Å². The number of para-hydroxylation sites is 2. The summed E-state index contributed by atoms with van der Waals surface area (Å²) < 4.78 is 77.3. The first-order chi connectivity index (χ1) is 19.2. The van der Waals surface area contributed by atoms with Crippen LogP contribution in [-0.2, 0) is 25.0 Å². The van der Waals surface area contributed by atoms with Crippen LogP contribution in [0.5, 0.6) is 5.75 Å². The summed E-state index contributed by atoms with van der Waals surface area (Å²) in [6, 6.07) is 12.9. The number of carbonyl (C=O) groups excluding carboxylic acids is 1. The molecular weight excluding hydrogens is 596 g/mol. The van der Waals surface area contributed by atoms with Gasteiger partial charge >= 0.3 is 0 Å². The predicted molar refractivity (Wildman–Crippen MR) is 147 cm³/mol. The number of allylic oxidation sites excluding steroid dienone is 1. The fraction of sp³-hybridized carbons (Fsp3) is 0.120. The van der Waals surface area contributed by atoms with Crippen molar-refractivity contribution in [2.75, 3.05) is 12.4 Å². The molecule has 0 aliphatic rings. The molecule has 16 heteroatoms. The number of amides is 1. The Labute approximate surface area is 238 Å². The van der Waals surface area contributed by atoms with Crippen molar-refractivity contribution in [1.29, 1.82) is 0 Å². The average Bonchev–Trinajstić information content (AvgIpc) is 3.31. The molecule has 0 unspecified atom stereocenters. The maximum atomic E-state index is 12.8. The fourth-order valence-electron chi connectivity index (χ4n) is 3.76. The Morgan fingerprint density at radius 2 is 1.76 bits per heavy atom. The molecule has 1 aromatic heterocycles. The van der Waals surface area contributed by atoms with E-state index in [0.29, 0.717) is 10.4 Å². The number of hydrogen-bond donors (Lipinski definition) is 2. The van der Waals surface area contributed by atoms with Gasteiger partial charge in [-0.25, -0.2) is 21.8 Å². The Balaban J connectivity index is 1.74. The SMILES string of the molecule is COc1ccccc1NC(=O)/C(N=Nc1ccc(-c2nc3c(S(=O)(=O)[O-])c(C)ccc3s2)cc1S(=O)(=O)[O-])=C(\C)O. The highest BCUT2D eigenvalue weighted by Gasteiger charge is 2.19. The van der Waals surface area contributed by atoms with Crippen molar-refractivity contribution in [1.82, 2.24) is 4.98 Å². The number of methoxy groups -OCH3 is 1. The van der Waals surface area contributed by atoms with E-state index >= 15 is 0 Å². The third kappa shape index (κ3) is 6.41. The Morgan fingerprint density at radius 3 is 2.39 bits per heavy atom. The number of aliphatic hydroxyl groups is 1. The molecule has 0 atom stereocenters. The molecule has 0 spiro atoms. The number of fused-ring (bicyclic) bond motifs is 1. The summed E-state index contributed by atoms with van der Waals surface area (Å²) >= 11 is 0.975. The van der Waals surface area contributed by atoms with Gasteiger partial charge in [0.2, 0.25) is 0 Å². The molecule has 0 bridgehead atoms. The van der Waals surface area contributed by atoms with Gasteiger partial charge in [0.05, 0.1) is 32.8 Å². The molecule has 2 N–H and O–H groups in total. The zero-order valence-corrected chi connectivity index (χ0v) is 23.9. The lowest BCUT2D eigenvalue weighted by Crippen LogP contribution is -2.15. The molecule has 13 nitrogen and oxygen atoms in total. The van der Waals surface area contributed by atoms with E-state index in [-0.39, 0.29) is 27.3 Å². The van der Waals surface area contributed by atoms with Gasteiger partial charge in [-0.15, -0.1) is 21.6 Å². The van der Waals surface area contributed by atoms with Gasteiger partial charge in [-0.05, 0) is 55.8 Å². The van der Waals surface area contributed by atoms with Gasteiger partial charge in [-0.2, -0.15) is 0 Å². The largest absolute Gasteiger partial charge is 0.744 e. The summed E-state index contributed by atoms with van der Waals surface area (Å²) in [5, 5.41) is 20.1.